The van der Waals surface area contributed by atoms with Crippen LogP contribution in [0.3, 0.4) is 0 Å². The molecule has 9 heteroatoms. The molecule has 0 saturated carbocycles. The molecular formula is C8H9N3O4S2. The molecule has 0 unspecified atom stereocenters. The fourth-order valence-corrected chi connectivity index (χ4v) is 3.55. The third-order valence-electron chi connectivity index (χ3n) is 1.95. The molecule has 0 spiro atoms. The van der Waals surface area contributed by atoms with Gasteiger partial charge in [0, 0.05) is 11.8 Å². The minimum atomic E-state index is -3.70. The minimum absolute atomic E-state index is 0.00609. The summed E-state index contributed by atoms with van der Waals surface area (Å²) >= 11 is 0.651. The maximum Gasteiger partial charge on any atom is 0.305 e. The van der Waals surface area contributed by atoms with Crippen LogP contribution in [0.2, 0.25) is 0 Å². The summed E-state index contributed by atoms with van der Waals surface area (Å²) < 4.78 is 30.7. The van der Waals surface area contributed by atoms with Gasteiger partial charge in [0.15, 0.2) is 9.97 Å². The van der Waals surface area contributed by atoms with Crippen molar-refractivity contribution in [1.29, 1.82) is 0 Å². The summed E-state index contributed by atoms with van der Waals surface area (Å²) in [5.41, 5.74) is 0.324. The number of aryl methyl sites for hydroxylation is 1. The van der Waals surface area contributed by atoms with Crippen molar-refractivity contribution in [1.82, 2.24) is 14.9 Å². The number of hydrogen-bond donors (Lipinski definition) is 2. The zero-order valence-electron chi connectivity index (χ0n) is 8.76. The summed E-state index contributed by atoms with van der Waals surface area (Å²) in [6.07, 6.45) is 1.42. The average Bonchev–Trinajstić information content (AvgIpc) is 2.85. The molecule has 17 heavy (non-hydrogen) atoms. The summed E-state index contributed by atoms with van der Waals surface area (Å²) in [6.45, 7) is 1.52. The maximum atomic E-state index is 11.8. The Kier molecular flexibility index (Phi) is 3.13. The Hall–Kier alpha value is -1.45. The van der Waals surface area contributed by atoms with Gasteiger partial charge in [0.1, 0.15) is 0 Å². The molecule has 2 heterocycles. The molecule has 2 N–H and O–H groups in total. The molecule has 0 radical (unpaired) electrons. The fraction of sp³-hybridized carbons (Fsp3) is 0.250. The summed E-state index contributed by atoms with van der Waals surface area (Å²) in [4.78, 5) is 13.0. The Morgan fingerprint density at radius 1 is 1.59 bits per heavy atom. The molecule has 0 saturated heterocycles. The molecule has 2 aromatic rings. The van der Waals surface area contributed by atoms with E-state index in [9.17, 15) is 13.2 Å². The highest BCUT2D eigenvalue weighted by atomic mass is 32.2. The van der Waals surface area contributed by atoms with E-state index >= 15 is 0 Å². The molecule has 0 aliphatic carbocycles. The Morgan fingerprint density at radius 3 is 2.88 bits per heavy atom. The summed E-state index contributed by atoms with van der Waals surface area (Å²) in [7, 11) is -3.70. The van der Waals surface area contributed by atoms with Gasteiger partial charge in [-0.2, -0.15) is 0 Å². The van der Waals surface area contributed by atoms with Gasteiger partial charge in [0.2, 0.25) is 0 Å². The fourth-order valence-electron chi connectivity index (χ4n) is 1.21. The van der Waals surface area contributed by atoms with E-state index in [0.29, 0.717) is 22.8 Å². The summed E-state index contributed by atoms with van der Waals surface area (Å²) in [5, 5.41) is 3.45. The Labute approximate surface area is 101 Å². The van der Waals surface area contributed by atoms with Gasteiger partial charge in [-0.1, -0.05) is 16.5 Å². The highest BCUT2D eigenvalue weighted by molar-refractivity contribution is 7.91. The van der Waals surface area contributed by atoms with Gasteiger partial charge in [0.25, 0.3) is 10.0 Å². The SMILES string of the molecule is Cc1[nH]c(=O)sc1S(=O)(=O)NCc1ccno1. The number of nitrogens with zero attached hydrogens (tertiary/aromatic N) is 1. The van der Waals surface area contributed by atoms with Gasteiger partial charge in [-0.25, -0.2) is 13.1 Å². The van der Waals surface area contributed by atoms with Crippen molar-refractivity contribution in [2.45, 2.75) is 17.7 Å². The standard InChI is InChI=1S/C8H9N3O4S2/c1-5-7(16-8(12)11-5)17(13,14)10-4-6-2-3-9-15-6/h2-3,10H,4H2,1H3,(H,11,12). The lowest BCUT2D eigenvalue weighted by Crippen LogP contribution is -2.22. The summed E-state index contributed by atoms with van der Waals surface area (Å²) in [6, 6.07) is 1.55. The van der Waals surface area contributed by atoms with E-state index in [0.717, 1.165) is 0 Å². The lowest BCUT2D eigenvalue weighted by atomic mass is 10.5. The molecule has 0 amide bonds. The number of sulfonamides is 1. The van der Waals surface area contributed by atoms with Gasteiger partial charge in [-0.05, 0) is 6.92 Å². The Balaban J connectivity index is 2.20. The largest absolute Gasteiger partial charge is 0.360 e. The van der Waals surface area contributed by atoms with E-state index < -0.39 is 14.9 Å². The second kappa shape index (κ2) is 4.43. The molecule has 2 rings (SSSR count). The first-order chi connectivity index (χ1) is 7.99. The van der Waals surface area contributed by atoms with E-state index in [2.05, 4.69) is 14.9 Å². The van der Waals surface area contributed by atoms with Gasteiger partial charge in [0.05, 0.1) is 12.7 Å². The minimum Gasteiger partial charge on any atom is -0.360 e. The van der Waals surface area contributed by atoms with Crippen LogP contribution in [-0.2, 0) is 16.6 Å². The molecule has 0 aliphatic heterocycles. The number of rotatable bonds is 4. The zero-order valence-corrected chi connectivity index (χ0v) is 10.4. The van der Waals surface area contributed by atoms with E-state index in [1.54, 1.807) is 6.07 Å². The van der Waals surface area contributed by atoms with Crippen LogP contribution >= 0.6 is 11.3 Å². The van der Waals surface area contributed by atoms with Crippen LogP contribution in [0.15, 0.2) is 25.8 Å². The van der Waals surface area contributed by atoms with Crippen LogP contribution in [0.5, 0.6) is 0 Å². The molecule has 92 valence electrons. The quantitative estimate of drug-likeness (QED) is 0.830. The van der Waals surface area contributed by atoms with Crippen molar-refractivity contribution < 1.29 is 12.9 Å². The normalized spacial score (nSPS) is 11.8. The molecule has 7 nitrogen and oxygen atoms in total. The lowest BCUT2D eigenvalue weighted by molar-refractivity contribution is 0.380. The predicted molar refractivity (Wildman–Crippen MR) is 60.2 cm³/mol. The molecular weight excluding hydrogens is 266 g/mol. The van der Waals surface area contributed by atoms with Crippen LogP contribution in [0.25, 0.3) is 0 Å². The first kappa shape index (κ1) is 12.0. The first-order valence-electron chi connectivity index (χ1n) is 4.58. The van der Waals surface area contributed by atoms with Crippen LogP contribution in [0.1, 0.15) is 11.5 Å². The molecule has 0 aliphatic rings. The average molecular weight is 275 g/mol. The topological polar surface area (TPSA) is 105 Å². The number of H-pyrrole nitrogens is 1. The predicted octanol–water partition coefficient (Wildman–Crippen LogP) is 0.211. The van der Waals surface area contributed by atoms with Crippen molar-refractivity contribution in [2.24, 2.45) is 0 Å². The highest BCUT2D eigenvalue weighted by Gasteiger charge is 2.20. The van der Waals surface area contributed by atoms with Crippen LogP contribution in [0, 0.1) is 6.92 Å². The van der Waals surface area contributed by atoms with Gasteiger partial charge < -0.3 is 9.51 Å². The number of thiazole rings is 1. The maximum absolute atomic E-state index is 11.8. The number of aromatic nitrogens is 2. The first-order valence-corrected chi connectivity index (χ1v) is 6.88. The molecule has 2 aromatic heterocycles. The van der Waals surface area contributed by atoms with Gasteiger partial charge in [-0.15, -0.1) is 0 Å². The van der Waals surface area contributed by atoms with Crippen molar-refractivity contribution >= 4 is 21.4 Å². The van der Waals surface area contributed by atoms with Crippen molar-refractivity contribution in [2.75, 3.05) is 0 Å². The van der Waals surface area contributed by atoms with Crippen molar-refractivity contribution in [3.8, 4) is 0 Å². The number of aromatic amines is 1. The van der Waals surface area contributed by atoms with Gasteiger partial charge in [-0.3, -0.25) is 4.79 Å². The van der Waals surface area contributed by atoms with Crippen molar-refractivity contribution in [3.05, 3.63) is 33.4 Å². The zero-order chi connectivity index (χ0) is 12.5. The van der Waals surface area contributed by atoms with Crippen LogP contribution in [0.4, 0.5) is 0 Å². The monoisotopic (exact) mass is 275 g/mol. The Morgan fingerprint density at radius 2 is 2.35 bits per heavy atom. The number of nitrogens with one attached hydrogen (secondary N) is 2. The highest BCUT2D eigenvalue weighted by Crippen LogP contribution is 2.15. The molecule has 0 aromatic carbocycles. The van der Waals surface area contributed by atoms with E-state index in [4.69, 9.17) is 4.52 Å². The van der Waals surface area contributed by atoms with Crippen LogP contribution in [-0.4, -0.2) is 18.6 Å². The van der Waals surface area contributed by atoms with E-state index in [1.165, 1.54) is 13.1 Å². The Bertz CT molecular complexity index is 653. The van der Waals surface area contributed by atoms with Gasteiger partial charge >= 0.3 is 4.87 Å². The molecule has 0 fully saturated rings. The third kappa shape index (κ3) is 2.62. The van der Waals surface area contributed by atoms with Crippen LogP contribution < -0.4 is 9.60 Å². The number of hydrogen-bond acceptors (Lipinski definition) is 6. The smallest absolute Gasteiger partial charge is 0.305 e. The summed E-state index contributed by atoms with van der Waals surface area (Å²) in [5.74, 6) is 0.397. The van der Waals surface area contributed by atoms with E-state index in [1.807, 2.05) is 0 Å². The van der Waals surface area contributed by atoms with Crippen molar-refractivity contribution in [3.63, 3.8) is 0 Å². The van der Waals surface area contributed by atoms with E-state index in [-0.39, 0.29) is 10.8 Å². The second-order valence-corrected chi connectivity index (χ2v) is 6.18. The lowest BCUT2D eigenvalue weighted by Gasteiger charge is -2.02. The molecule has 0 atom stereocenters. The second-order valence-electron chi connectivity index (χ2n) is 3.23. The third-order valence-corrected chi connectivity index (χ3v) is 4.96. The molecule has 0 bridgehead atoms.